The highest BCUT2D eigenvalue weighted by molar-refractivity contribution is 5.81. The molecule has 1 fully saturated rings. The second-order valence-corrected chi connectivity index (χ2v) is 6.95. The van der Waals surface area contributed by atoms with Crippen molar-refractivity contribution < 1.29 is 14.7 Å². The molecule has 0 saturated carbocycles. The third-order valence-electron chi connectivity index (χ3n) is 4.68. The van der Waals surface area contributed by atoms with Crippen molar-refractivity contribution in [2.75, 3.05) is 13.1 Å². The van der Waals surface area contributed by atoms with Gasteiger partial charge < -0.3 is 10.0 Å². The molecule has 2 atom stereocenters. The number of benzene rings is 1. The number of carbonyl (C=O) groups is 2. The quantitative estimate of drug-likeness (QED) is 0.876. The summed E-state index contributed by atoms with van der Waals surface area (Å²) in [7, 11) is 0. The molecule has 0 spiro atoms. The molecule has 0 radical (unpaired) electrons. The number of hydrogen-bond acceptors (Lipinski definition) is 5. The average Bonchev–Trinajstić information content (AvgIpc) is 3.12. The Hall–Kier alpha value is -2.77. The van der Waals surface area contributed by atoms with E-state index in [0.717, 1.165) is 5.56 Å². The molecule has 2 aromatic rings. The summed E-state index contributed by atoms with van der Waals surface area (Å²) in [6.45, 7) is 4.64. The van der Waals surface area contributed by atoms with Crippen LogP contribution < -0.4 is 0 Å². The van der Waals surface area contributed by atoms with E-state index in [-0.39, 0.29) is 18.4 Å². The van der Waals surface area contributed by atoms with E-state index >= 15 is 0 Å². The zero-order valence-corrected chi connectivity index (χ0v) is 14.9. The van der Waals surface area contributed by atoms with Crippen molar-refractivity contribution in [1.82, 2.24) is 25.1 Å². The zero-order chi connectivity index (χ0) is 18.7. The Morgan fingerprint density at radius 3 is 2.62 bits per heavy atom. The fourth-order valence-corrected chi connectivity index (χ4v) is 3.26. The van der Waals surface area contributed by atoms with Gasteiger partial charge in [-0.1, -0.05) is 44.2 Å². The number of aromatic nitrogens is 4. The standard InChI is InChI=1S/C18H23N5O3/c1-12(2)15(17(24)22-10-6-9-14(11-22)18(25)26)23-20-16(19-21-23)13-7-4-3-5-8-13/h3-5,7-8,12,14-15H,6,9-11H2,1-2H3,(H,25,26)/t14-,15-/m0/s1. The van der Waals surface area contributed by atoms with Crippen LogP contribution in [0.3, 0.4) is 0 Å². The van der Waals surface area contributed by atoms with Crippen molar-refractivity contribution in [2.24, 2.45) is 11.8 Å². The maximum Gasteiger partial charge on any atom is 0.308 e. The molecule has 1 aromatic heterocycles. The Morgan fingerprint density at radius 2 is 1.96 bits per heavy atom. The van der Waals surface area contributed by atoms with E-state index in [2.05, 4.69) is 15.4 Å². The molecule has 0 bridgehead atoms. The van der Waals surface area contributed by atoms with Crippen LogP contribution >= 0.6 is 0 Å². The summed E-state index contributed by atoms with van der Waals surface area (Å²) < 4.78 is 0. The summed E-state index contributed by atoms with van der Waals surface area (Å²) in [5.41, 5.74) is 0.831. The maximum atomic E-state index is 13.1. The normalized spacial score (nSPS) is 18.7. The van der Waals surface area contributed by atoms with E-state index in [1.807, 2.05) is 44.2 Å². The van der Waals surface area contributed by atoms with Gasteiger partial charge in [0.1, 0.15) is 0 Å². The minimum Gasteiger partial charge on any atom is -0.481 e. The van der Waals surface area contributed by atoms with Crippen LogP contribution in [-0.2, 0) is 9.59 Å². The number of carboxylic acid groups (broad SMARTS) is 1. The zero-order valence-electron chi connectivity index (χ0n) is 14.9. The van der Waals surface area contributed by atoms with Crippen LogP contribution in [0.4, 0.5) is 0 Å². The van der Waals surface area contributed by atoms with Gasteiger partial charge in [-0.25, -0.2) is 0 Å². The van der Waals surface area contributed by atoms with E-state index in [4.69, 9.17) is 0 Å². The molecule has 138 valence electrons. The van der Waals surface area contributed by atoms with Gasteiger partial charge in [-0.3, -0.25) is 9.59 Å². The number of aliphatic carboxylic acids is 1. The van der Waals surface area contributed by atoms with Crippen molar-refractivity contribution in [1.29, 1.82) is 0 Å². The van der Waals surface area contributed by atoms with E-state index in [1.165, 1.54) is 4.80 Å². The van der Waals surface area contributed by atoms with Crippen LogP contribution in [0.15, 0.2) is 30.3 Å². The fourth-order valence-electron chi connectivity index (χ4n) is 3.26. The molecule has 3 rings (SSSR count). The second kappa shape index (κ2) is 7.63. The van der Waals surface area contributed by atoms with Crippen LogP contribution in [0.1, 0.15) is 32.7 Å². The lowest BCUT2D eigenvalue weighted by atomic mass is 9.96. The molecule has 26 heavy (non-hydrogen) atoms. The summed E-state index contributed by atoms with van der Waals surface area (Å²) >= 11 is 0. The van der Waals surface area contributed by atoms with Crippen molar-refractivity contribution in [3.05, 3.63) is 30.3 Å². The van der Waals surface area contributed by atoms with Gasteiger partial charge in [0.25, 0.3) is 0 Å². The van der Waals surface area contributed by atoms with Gasteiger partial charge in [-0.05, 0) is 24.0 Å². The molecule has 1 saturated heterocycles. The molecule has 1 N–H and O–H groups in total. The van der Waals surface area contributed by atoms with Crippen molar-refractivity contribution in [2.45, 2.75) is 32.7 Å². The topological polar surface area (TPSA) is 101 Å². The van der Waals surface area contributed by atoms with E-state index in [1.54, 1.807) is 4.90 Å². The Balaban J connectivity index is 1.82. The Labute approximate surface area is 151 Å². The minimum atomic E-state index is -0.853. The predicted octanol–water partition coefficient (Wildman–Crippen LogP) is 1.86. The van der Waals surface area contributed by atoms with Crippen molar-refractivity contribution in [3.8, 4) is 11.4 Å². The summed E-state index contributed by atoms with van der Waals surface area (Å²) in [5, 5.41) is 21.8. The molecule has 0 unspecified atom stereocenters. The lowest BCUT2D eigenvalue weighted by Crippen LogP contribution is -2.46. The first-order chi connectivity index (χ1) is 12.5. The summed E-state index contributed by atoms with van der Waals surface area (Å²) in [6, 6.07) is 8.85. The number of hydrogen-bond donors (Lipinski definition) is 1. The molecule has 8 heteroatoms. The van der Waals surface area contributed by atoms with E-state index < -0.39 is 17.9 Å². The summed E-state index contributed by atoms with van der Waals surface area (Å²) in [6.07, 6.45) is 1.29. The Bertz CT molecular complexity index is 774. The molecule has 1 aromatic carbocycles. The highest BCUT2D eigenvalue weighted by Crippen LogP contribution is 2.24. The molecular weight excluding hydrogens is 334 g/mol. The summed E-state index contributed by atoms with van der Waals surface area (Å²) in [5.74, 6) is -1.10. The first kappa shape index (κ1) is 18.0. The largest absolute Gasteiger partial charge is 0.481 e. The molecule has 0 aliphatic carbocycles. The third-order valence-corrected chi connectivity index (χ3v) is 4.68. The minimum absolute atomic E-state index is 0.0504. The van der Waals surface area contributed by atoms with E-state index in [0.29, 0.717) is 25.2 Å². The predicted molar refractivity (Wildman–Crippen MR) is 94.1 cm³/mol. The fraction of sp³-hybridized carbons (Fsp3) is 0.500. The van der Waals surface area contributed by atoms with Crippen molar-refractivity contribution in [3.63, 3.8) is 0 Å². The number of nitrogens with zero attached hydrogens (tertiary/aromatic N) is 5. The number of likely N-dealkylation sites (tertiary alicyclic amines) is 1. The molecule has 1 aliphatic heterocycles. The van der Waals surface area contributed by atoms with Gasteiger partial charge >= 0.3 is 5.97 Å². The number of tetrazole rings is 1. The molecule has 1 amide bonds. The second-order valence-electron chi connectivity index (χ2n) is 6.95. The molecule has 2 heterocycles. The van der Waals surface area contributed by atoms with E-state index in [9.17, 15) is 14.7 Å². The number of carboxylic acids is 1. The SMILES string of the molecule is CC(C)[C@@H](C(=O)N1CCC[C@H](C(=O)O)C1)n1nnc(-c2ccccc2)n1. The maximum absolute atomic E-state index is 13.1. The van der Waals surface area contributed by atoms with Crippen LogP contribution in [0, 0.1) is 11.8 Å². The van der Waals surface area contributed by atoms with Crippen LogP contribution in [0.2, 0.25) is 0 Å². The molecule has 8 nitrogen and oxygen atoms in total. The van der Waals surface area contributed by atoms with Gasteiger partial charge in [-0.2, -0.15) is 4.80 Å². The number of carbonyl (C=O) groups excluding carboxylic acids is 1. The number of rotatable bonds is 5. The monoisotopic (exact) mass is 357 g/mol. The number of piperidine rings is 1. The van der Waals surface area contributed by atoms with Crippen LogP contribution in [0.25, 0.3) is 11.4 Å². The van der Waals surface area contributed by atoms with Gasteiger partial charge in [0, 0.05) is 18.7 Å². The smallest absolute Gasteiger partial charge is 0.308 e. The van der Waals surface area contributed by atoms with Gasteiger partial charge in [0.05, 0.1) is 5.92 Å². The lowest BCUT2D eigenvalue weighted by Gasteiger charge is -2.33. The lowest BCUT2D eigenvalue weighted by molar-refractivity contribution is -0.147. The Morgan fingerprint density at radius 1 is 1.23 bits per heavy atom. The van der Waals surface area contributed by atoms with Gasteiger partial charge in [0.2, 0.25) is 11.7 Å². The summed E-state index contributed by atoms with van der Waals surface area (Å²) in [4.78, 5) is 27.3. The third kappa shape index (κ3) is 3.74. The van der Waals surface area contributed by atoms with Crippen LogP contribution in [0.5, 0.6) is 0 Å². The highest BCUT2D eigenvalue weighted by atomic mass is 16.4. The van der Waals surface area contributed by atoms with Crippen LogP contribution in [-0.4, -0.2) is 55.2 Å². The highest BCUT2D eigenvalue weighted by Gasteiger charge is 2.35. The average molecular weight is 357 g/mol. The molecule has 1 aliphatic rings. The number of amides is 1. The Kier molecular flexibility index (Phi) is 5.29. The first-order valence-electron chi connectivity index (χ1n) is 8.84. The van der Waals surface area contributed by atoms with Gasteiger partial charge in [0.15, 0.2) is 6.04 Å². The molecular formula is C18H23N5O3. The van der Waals surface area contributed by atoms with Crippen molar-refractivity contribution >= 4 is 11.9 Å². The first-order valence-corrected chi connectivity index (χ1v) is 8.84. The van der Waals surface area contributed by atoms with Gasteiger partial charge in [-0.15, -0.1) is 10.2 Å².